The van der Waals surface area contributed by atoms with Crippen molar-refractivity contribution in [2.45, 2.75) is 19.8 Å². The van der Waals surface area contributed by atoms with Crippen LogP contribution in [0.3, 0.4) is 0 Å². The minimum atomic E-state index is -0.919. The Bertz CT molecular complexity index is 541. The van der Waals surface area contributed by atoms with Crippen LogP contribution in [0.15, 0.2) is 24.3 Å². The summed E-state index contributed by atoms with van der Waals surface area (Å²) < 4.78 is 0. The van der Waals surface area contributed by atoms with Crippen LogP contribution in [0, 0.1) is 5.92 Å². The van der Waals surface area contributed by atoms with Crippen molar-refractivity contribution in [3.8, 4) is 0 Å². The van der Waals surface area contributed by atoms with E-state index in [4.69, 9.17) is 15.9 Å². The Morgan fingerprint density at radius 3 is 2.23 bits per heavy atom. The predicted molar refractivity (Wildman–Crippen MR) is 80.8 cm³/mol. The van der Waals surface area contributed by atoms with Crippen LogP contribution in [0.5, 0.6) is 0 Å². The topological polar surface area (TPSA) is 121 Å². The molecule has 0 radical (unpaired) electrons. The monoisotopic (exact) mass is 308 g/mol. The van der Waals surface area contributed by atoms with Crippen molar-refractivity contribution < 1.29 is 24.6 Å². The maximum Gasteiger partial charge on any atom is 0.308 e. The maximum atomic E-state index is 11.1. The Hall–Kier alpha value is -2.57. The first kappa shape index (κ1) is 17.5. The highest BCUT2D eigenvalue weighted by atomic mass is 16.4. The van der Waals surface area contributed by atoms with Gasteiger partial charge in [-0.2, -0.15) is 0 Å². The van der Waals surface area contributed by atoms with Gasteiger partial charge in [-0.05, 0) is 30.7 Å². The molecule has 0 fully saturated rings. The van der Waals surface area contributed by atoms with Gasteiger partial charge in [-0.1, -0.05) is 6.92 Å². The second-order valence-corrected chi connectivity index (χ2v) is 5.09. The number of benzene rings is 1. The average molecular weight is 308 g/mol. The number of hydrogen-bond acceptors (Lipinski definition) is 4. The number of carboxylic acid groups (broad SMARTS) is 2. The fourth-order valence-corrected chi connectivity index (χ4v) is 1.99. The summed E-state index contributed by atoms with van der Waals surface area (Å²) in [4.78, 5) is 34.5. The lowest BCUT2D eigenvalue weighted by atomic mass is 10.1. The minimum absolute atomic E-state index is 0.0112. The number of aliphatic carboxylic acids is 2. The zero-order valence-electron chi connectivity index (χ0n) is 12.4. The first-order valence-electron chi connectivity index (χ1n) is 6.90. The molecule has 0 bridgehead atoms. The molecule has 22 heavy (non-hydrogen) atoms. The Kier molecular flexibility index (Phi) is 6.37. The molecule has 0 aliphatic heterocycles. The lowest BCUT2D eigenvalue weighted by Gasteiger charge is -2.26. The van der Waals surface area contributed by atoms with E-state index >= 15 is 0 Å². The summed E-state index contributed by atoms with van der Waals surface area (Å²) in [7, 11) is 0. The van der Waals surface area contributed by atoms with Crippen LogP contribution >= 0.6 is 0 Å². The van der Waals surface area contributed by atoms with Crippen molar-refractivity contribution in [2.75, 3.05) is 18.0 Å². The summed E-state index contributed by atoms with van der Waals surface area (Å²) in [6.07, 6.45) is 0.413. The van der Waals surface area contributed by atoms with E-state index in [2.05, 4.69) is 0 Å². The summed E-state index contributed by atoms with van der Waals surface area (Å²) in [5.74, 6) is -2.95. The molecular weight excluding hydrogens is 288 g/mol. The molecule has 120 valence electrons. The first-order valence-corrected chi connectivity index (χ1v) is 6.90. The van der Waals surface area contributed by atoms with Gasteiger partial charge in [0.1, 0.15) is 0 Å². The number of carbonyl (C=O) groups is 3. The molecule has 7 heteroatoms. The molecule has 1 unspecified atom stereocenters. The van der Waals surface area contributed by atoms with Crippen molar-refractivity contribution in [3.63, 3.8) is 0 Å². The van der Waals surface area contributed by atoms with E-state index in [-0.39, 0.29) is 13.0 Å². The number of rotatable bonds is 9. The lowest BCUT2D eigenvalue weighted by molar-refractivity contribution is -0.141. The summed E-state index contributed by atoms with van der Waals surface area (Å²) in [6, 6.07) is 6.48. The number of carboxylic acids is 2. The summed E-state index contributed by atoms with van der Waals surface area (Å²) >= 11 is 0. The van der Waals surface area contributed by atoms with Crippen molar-refractivity contribution in [1.82, 2.24) is 0 Å². The van der Waals surface area contributed by atoms with Crippen molar-refractivity contribution in [2.24, 2.45) is 11.7 Å². The predicted octanol–water partition coefficient (Wildman–Crippen LogP) is 1.18. The molecule has 1 rings (SSSR count). The van der Waals surface area contributed by atoms with Crippen LogP contribution in [-0.4, -0.2) is 41.1 Å². The first-order chi connectivity index (χ1) is 10.3. The molecule has 1 aromatic rings. The Morgan fingerprint density at radius 2 is 1.77 bits per heavy atom. The van der Waals surface area contributed by atoms with E-state index in [1.807, 2.05) is 0 Å². The molecule has 7 nitrogen and oxygen atoms in total. The quantitative estimate of drug-likeness (QED) is 0.630. The number of nitrogens with two attached hydrogens (primary N) is 1. The van der Waals surface area contributed by atoms with E-state index in [1.54, 1.807) is 36.1 Å². The largest absolute Gasteiger partial charge is 0.481 e. The molecule has 0 saturated heterocycles. The fourth-order valence-electron chi connectivity index (χ4n) is 1.99. The third kappa shape index (κ3) is 5.43. The molecular formula is C15H20N2O5. The van der Waals surface area contributed by atoms with E-state index in [1.165, 1.54) is 0 Å². The van der Waals surface area contributed by atoms with Crippen LogP contribution in [0.4, 0.5) is 5.69 Å². The molecule has 0 aliphatic rings. The zero-order valence-corrected chi connectivity index (χ0v) is 12.4. The summed E-state index contributed by atoms with van der Waals surface area (Å²) in [6.45, 7) is 2.26. The van der Waals surface area contributed by atoms with Gasteiger partial charge in [0.2, 0.25) is 5.91 Å². The van der Waals surface area contributed by atoms with Gasteiger partial charge in [0.05, 0.1) is 5.92 Å². The average Bonchev–Trinajstić information content (AvgIpc) is 2.45. The van der Waals surface area contributed by atoms with Crippen molar-refractivity contribution >= 4 is 23.5 Å². The molecule has 0 aromatic heterocycles. The number of nitrogens with zero attached hydrogens (tertiary/aromatic N) is 1. The van der Waals surface area contributed by atoms with E-state index in [0.29, 0.717) is 18.5 Å². The van der Waals surface area contributed by atoms with E-state index in [0.717, 1.165) is 5.69 Å². The van der Waals surface area contributed by atoms with Gasteiger partial charge in [0, 0.05) is 30.8 Å². The Balaban J connectivity index is 2.84. The molecule has 0 spiro atoms. The van der Waals surface area contributed by atoms with Gasteiger partial charge in [-0.25, -0.2) is 0 Å². The number of carbonyl (C=O) groups excluding carboxylic acids is 1. The van der Waals surface area contributed by atoms with Gasteiger partial charge in [-0.3, -0.25) is 14.4 Å². The van der Waals surface area contributed by atoms with Crippen LogP contribution in [0.1, 0.15) is 30.1 Å². The number of anilines is 1. The van der Waals surface area contributed by atoms with Crippen LogP contribution in [0.25, 0.3) is 0 Å². The van der Waals surface area contributed by atoms with E-state index in [9.17, 15) is 14.4 Å². The molecule has 0 aliphatic carbocycles. The van der Waals surface area contributed by atoms with Gasteiger partial charge in [-0.15, -0.1) is 0 Å². The number of amides is 1. The van der Waals surface area contributed by atoms with Crippen LogP contribution < -0.4 is 10.6 Å². The summed E-state index contributed by atoms with van der Waals surface area (Å²) in [5.41, 5.74) is 6.27. The number of hydrogen-bond donors (Lipinski definition) is 3. The third-order valence-electron chi connectivity index (χ3n) is 3.25. The van der Waals surface area contributed by atoms with Crippen molar-refractivity contribution in [3.05, 3.63) is 29.8 Å². The molecule has 4 N–H and O–H groups in total. The highest BCUT2D eigenvalue weighted by Gasteiger charge is 2.17. The van der Waals surface area contributed by atoms with Gasteiger partial charge in [0.25, 0.3) is 0 Å². The highest BCUT2D eigenvalue weighted by Crippen LogP contribution is 2.18. The van der Waals surface area contributed by atoms with Crippen LogP contribution in [0.2, 0.25) is 0 Å². The zero-order chi connectivity index (χ0) is 16.7. The molecule has 0 saturated carbocycles. The number of primary amides is 1. The van der Waals surface area contributed by atoms with Gasteiger partial charge < -0.3 is 20.8 Å². The second kappa shape index (κ2) is 8.02. The maximum absolute atomic E-state index is 11.1. The molecule has 1 atom stereocenters. The summed E-state index contributed by atoms with van der Waals surface area (Å²) in [5, 5.41) is 17.7. The van der Waals surface area contributed by atoms with Crippen molar-refractivity contribution in [1.29, 1.82) is 0 Å². The highest BCUT2D eigenvalue weighted by molar-refractivity contribution is 5.93. The molecule has 0 heterocycles. The smallest absolute Gasteiger partial charge is 0.308 e. The SMILES string of the molecule is CC(CN(CCCC(=O)O)c1ccc(C(N)=O)cc1)C(=O)O. The third-order valence-corrected chi connectivity index (χ3v) is 3.25. The van der Waals surface area contributed by atoms with E-state index < -0.39 is 23.8 Å². The standard InChI is InChI=1S/C15H20N2O5/c1-10(15(21)22)9-17(8-2-3-13(18)19)12-6-4-11(5-7-12)14(16)20/h4-7,10H,2-3,8-9H2,1H3,(H2,16,20)(H,18,19)(H,21,22). The normalized spacial score (nSPS) is 11.7. The molecule has 1 amide bonds. The van der Waals surface area contributed by atoms with Gasteiger partial charge in [0.15, 0.2) is 0 Å². The fraction of sp³-hybridized carbons (Fsp3) is 0.400. The molecule has 1 aromatic carbocycles. The minimum Gasteiger partial charge on any atom is -0.481 e. The Morgan fingerprint density at radius 1 is 1.18 bits per heavy atom. The Labute approximate surface area is 128 Å². The van der Waals surface area contributed by atoms with Crippen LogP contribution in [-0.2, 0) is 9.59 Å². The lowest BCUT2D eigenvalue weighted by Crippen LogP contribution is -2.33. The van der Waals surface area contributed by atoms with Gasteiger partial charge >= 0.3 is 11.9 Å². The second-order valence-electron chi connectivity index (χ2n) is 5.09.